The van der Waals surface area contributed by atoms with Gasteiger partial charge in [0.05, 0.1) is 10.7 Å². The summed E-state index contributed by atoms with van der Waals surface area (Å²) in [5, 5.41) is 36.0. The molecule has 6 nitrogen and oxygen atoms in total. The second-order valence-corrected chi connectivity index (χ2v) is 2.45. The van der Waals surface area contributed by atoms with Gasteiger partial charge in [0.1, 0.15) is 24.4 Å². The molecule has 0 rings (SSSR count). The monoisotopic (exact) mass is 200 g/mol. The highest BCUT2D eigenvalue weighted by Crippen LogP contribution is 2.07. The molecule has 4 N–H and O–H groups in total. The Labute approximate surface area is 79.6 Å². The van der Waals surface area contributed by atoms with Crippen LogP contribution in [0.3, 0.4) is 0 Å². The zero-order valence-electron chi connectivity index (χ0n) is 9.70. The molecule has 0 aliphatic carbocycles. The van der Waals surface area contributed by atoms with E-state index in [-0.39, 0.29) is 6.29 Å². The molecular weight excluding hydrogens is 180 g/mol. The highest BCUT2D eigenvalue weighted by molar-refractivity contribution is 5.56. The van der Waals surface area contributed by atoms with E-state index < -0.39 is 38.1 Å². The molecule has 0 aromatic rings. The molecule has 0 unspecified atom stereocenters. The molecule has 6 heteroatoms. The number of hydrogen-bond acceptors (Lipinski definition) is 6. The van der Waals surface area contributed by atoms with E-state index in [9.17, 15) is 9.90 Å². The largest absolute Gasteiger partial charge is 0.394 e. The van der Waals surface area contributed by atoms with Crippen LogP contribution in [0.25, 0.3) is 0 Å². The topological polar surface area (TPSA) is 107 Å². The maximum Gasteiger partial charge on any atom is 0.151 e. The third kappa shape index (κ3) is 3.37. The fourth-order valence-electron chi connectivity index (χ4n) is 0.746. The molecule has 0 saturated carbocycles. The van der Waals surface area contributed by atoms with E-state index in [0.717, 1.165) is 0 Å². The van der Waals surface area contributed by atoms with Crippen molar-refractivity contribution in [3.05, 3.63) is 0 Å². The first-order valence-corrected chi connectivity index (χ1v) is 3.51. The molecular formula is C7H14O6. The van der Waals surface area contributed by atoms with Gasteiger partial charge in [-0.2, -0.15) is 0 Å². The summed E-state index contributed by atoms with van der Waals surface area (Å²) in [4.78, 5) is 10.3. The number of hydrogen-bond donors (Lipinski definition) is 4. The second kappa shape index (κ2) is 6.01. The number of methoxy groups -OCH3 is 1. The molecule has 0 radical (unpaired) electrons. The molecule has 78 valence electrons. The van der Waals surface area contributed by atoms with Gasteiger partial charge >= 0.3 is 0 Å². The number of carbonyl (C=O) groups excluding carboxylic acids is 1. The second-order valence-electron chi connectivity index (χ2n) is 2.45. The van der Waals surface area contributed by atoms with Crippen LogP contribution in [-0.2, 0) is 9.53 Å². The Kier molecular flexibility index (Phi) is 3.62. The van der Waals surface area contributed by atoms with Crippen molar-refractivity contribution in [2.75, 3.05) is 13.6 Å². The minimum Gasteiger partial charge on any atom is -0.394 e. The summed E-state index contributed by atoms with van der Waals surface area (Å²) in [6.45, 7) is -0.867. The van der Waals surface area contributed by atoms with E-state index >= 15 is 0 Å². The highest BCUT2D eigenvalue weighted by atomic mass is 16.5. The van der Waals surface area contributed by atoms with Gasteiger partial charge in [-0.15, -0.1) is 0 Å². The third-order valence-corrected chi connectivity index (χ3v) is 1.53. The fourth-order valence-corrected chi connectivity index (χ4v) is 0.746. The van der Waals surface area contributed by atoms with E-state index in [2.05, 4.69) is 4.74 Å². The summed E-state index contributed by atoms with van der Waals surface area (Å²) in [6, 6.07) is 0. The van der Waals surface area contributed by atoms with Crippen LogP contribution in [0.4, 0.5) is 0 Å². The molecule has 0 bridgehead atoms. The van der Waals surface area contributed by atoms with Crippen LogP contribution < -0.4 is 0 Å². The average Bonchev–Trinajstić information content (AvgIpc) is 2.21. The van der Waals surface area contributed by atoms with Crippen LogP contribution >= 0.6 is 0 Å². The van der Waals surface area contributed by atoms with Gasteiger partial charge in [0.25, 0.3) is 0 Å². The number of aliphatic hydroxyl groups excluding tert-OH is 4. The molecule has 0 aliphatic heterocycles. The Morgan fingerprint density at radius 3 is 2.54 bits per heavy atom. The third-order valence-electron chi connectivity index (χ3n) is 1.53. The van der Waals surface area contributed by atoms with Crippen molar-refractivity contribution >= 4 is 6.29 Å². The maximum atomic E-state index is 10.3. The lowest BCUT2D eigenvalue weighted by molar-refractivity contribution is -0.143. The zero-order valence-corrected chi connectivity index (χ0v) is 6.70. The van der Waals surface area contributed by atoms with Gasteiger partial charge in [-0.1, -0.05) is 0 Å². The van der Waals surface area contributed by atoms with E-state index in [1.807, 2.05) is 0 Å². The summed E-state index contributed by atoms with van der Waals surface area (Å²) < 4.78 is 24.5. The lowest BCUT2D eigenvalue weighted by Crippen LogP contribution is -2.47. The minimum absolute atomic E-state index is 0.0380. The van der Waals surface area contributed by atoms with Crippen molar-refractivity contribution in [1.29, 1.82) is 0 Å². The van der Waals surface area contributed by atoms with Crippen LogP contribution in [-0.4, -0.2) is 64.8 Å². The Morgan fingerprint density at radius 1 is 1.54 bits per heavy atom. The summed E-state index contributed by atoms with van der Waals surface area (Å²) >= 11 is 0. The van der Waals surface area contributed by atoms with Crippen LogP contribution in [0.1, 0.15) is 4.11 Å². The lowest BCUT2D eigenvalue weighted by atomic mass is 10.0. The van der Waals surface area contributed by atoms with Crippen LogP contribution in [0.2, 0.25) is 0 Å². The van der Waals surface area contributed by atoms with Gasteiger partial charge in [-0.25, -0.2) is 0 Å². The predicted octanol–water partition coefficient (Wildman–Crippen LogP) is -2.72. The fraction of sp³-hybridized carbons (Fsp3) is 0.857. The number of rotatable bonds is 6. The first-order chi connectivity index (χ1) is 7.22. The van der Waals surface area contributed by atoms with Crippen molar-refractivity contribution in [1.82, 2.24) is 0 Å². The number of carbonyl (C=O) groups is 1. The zero-order chi connectivity index (χ0) is 12.9. The predicted molar refractivity (Wildman–Crippen MR) is 42.0 cm³/mol. The molecule has 0 spiro atoms. The normalized spacial score (nSPS) is 24.8. The Morgan fingerprint density at radius 2 is 2.15 bits per heavy atom. The van der Waals surface area contributed by atoms with Crippen molar-refractivity contribution < 1.29 is 34.1 Å². The molecule has 0 fully saturated rings. The molecule has 0 aromatic carbocycles. The Bertz CT molecular complexity index is 221. The number of aldehydes is 1. The average molecular weight is 200 g/mol. The van der Waals surface area contributed by atoms with Gasteiger partial charge in [0.15, 0.2) is 6.29 Å². The summed E-state index contributed by atoms with van der Waals surface area (Å²) in [5.41, 5.74) is 0. The minimum atomic E-state index is -2.95. The van der Waals surface area contributed by atoms with Gasteiger partial charge in [-0.05, 0) is 0 Å². The van der Waals surface area contributed by atoms with E-state index in [1.165, 1.54) is 0 Å². The molecule has 0 aromatic heterocycles. The van der Waals surface area contributed by atoms with Gasteiger partial charge in [0, 0.05) is 7.04 Å². The standard InChI is InChI=1S/C7H14O6/c1-13-7(5(11)3-9)6(12)4(10)2-8/h3-8,10-12H,2H2,1H3/t4-,5+,6-,7-/m1/s1/i1T3. The summed E-state index contributed by atoms with van der Waals surface area (Å²) in [6.07, 6.45) is -7.42. The lowest BCUT2D eigenvalue weighted by Gasteiger charge is -2.25. The molecule has 0 aliphatic rings. The molecule has 4 atom stereocenters. The first kappa shape index (κ1) is 7.84. The maximum absolute atomic E-state index is 10.3. The summed E-state index contributed by atoms with van der Waals surface area (Å²) in [5.74, 6) is 0. The summed E-state index contributed by atoms with van der Waals surface area (Å²) in [7, 11) is -2.95. The Balaban J connectivity index is 4.73. The quantitative estimate of drug-likeness (QED) is 0.347. The molecule has 0 saturated heterocycles. The van der Waals surface area contributed by atoms with Crippen LogP contribution in [0.5, 0.6) is 0 Å². The molecule has 0 heterocycles. The smallest absolute Gasteiger partial charge is 0.151 e. The van der Waals surface area contributed by atoms with Gasteiger partial charge in [-0.3, -0.25) is 0 Å². The highest BCUT2D eigenvalue weighted by Gasteiger charge is 2.31. The van der Waals surface area contributed by atoms with E-state index in [4.69, 9.17) is 19.4 Å². The molecule has 0 amide bonds. The van der Waals surface area contributed by atoms with E-state index in [0.29, 0.717) is 0 Å². The van der Waals surface area contributed by atoms with Crippen molar-refractivity contribution in [3.8, 4) is 0 Å². The van der Waals surface area contributed by atoms with Crippen molar-refractivity contribution in [3.63, 3.8) is 0 Å². The van der Waals surface area contributed by atoms with Crippen molar-refractivity contribution in [2.24, 2.45) is 0 Å². The van der Waals surface area contributed by atoms with Crippen LogP contribution in [0.15, 0.2) is 0 Å². The van der Waals surface area contributed by atoms with Crippen LogP contribution in [0, 0.1) is 0 Å². The molecule has 13 heavy (non-hydrogen) atoms. The SMILES string of the molecule is [3H]C([3H])([3H])O[C@@H]([C@H](O)[C@H](O)CO)[C@@H](O)C=O. The van der Waals surface area contributed by atoms with Gasteiger partial charge in [0.2, 0.25) is 0 Å². The first-order valence-electron chi connectivity index (χ1n) is 5.01. The number of aliphatic hydroxyl groups is 4. The van der Waals surface area contributed by atoms with E-state index in [1.54, 1.807) is 0 Å². The van der Waals surface area contributed by atoms with Gasteiger partial charge < -0.3 is 30.0 Å². The number of ether oxygens (including phenoxy) is 1. The Hall–Kier alpha value is -0.530. The van der Waals surface area contributed by atoms with Crippen molar-refractivity contribution in [2.45, 2.75) is 24.4 Å².